The van der Waals surface area contributed by atoms with E-state index in [1.807, 2.05) is 12.3 Å². The van der Waals surface area contributed by atoms with Crippen molar-refractivity contribution >= 4 is 11.6 Å². The Morgan fingerprint density at radius 1 is 1.36 bits per heavy atom. The second-order valence-corrected chi connectivity index (χ2v) is 6.08. The molecule has 3 aromatic heterocycles. The summed E-state index contributed by atoms with van der Waals surface area (Å²) in [5, 5.41) is 18.3. The summed E-state index contributed by atoms with van der Waals surface area (Å²) in [5.74, 6) is -0.229. The van der Waals surface area contributed by atoms with Gasteiger partial charge in [0.05, 0.1) is 12.3 Å². The minimum absolute atomic E-state index is 0.229. The summed E-state index contributed by atoms with van der Waals surface area (Å²) in [6.07, 6.45) is 6.11. The fraction of sp³-hybridized carbons (Fsp3) is 0.375. The van der Waals surface area contributed by atoms with Crippen molar-refractivity contribution in [3.05, 3.63) is 48.2 Å². The van der Waals surface area contributed by atoms with Crippen molar-refractivity contribution in [1.29, 1.82) is 0 Å². The zero-order valence-electron chi connectivity index (χ0n) is 13.5. The standard InChI is InChI=1S/C16H18N6O3/c23-13-10-20(9-12-8-18-22-4-1-3-17-15(12)22)5-6-21(11-13)16(24)14-2-7-25-19-14/h1-4,7-8,13,23H,5-6,9-11H2. The van der Waals surface area contributed by atoms with Crippen LogP contribution in [0.4, 0.5) is 0 Å². The molecule has 0 aromatic carbocycles. The lowest BCUT2D eigenvalue weighted by molar-refractivity contribution is 0.0653. The van der Waals surface area contributed by atoms with Gasteiger partial charge < -0.3 is 14.5 Å². The Balaban J connectivity index is 1.47. The molecule has 1 atom stereocenters. The lowest BCUT2D eigenvalue weighted by Gasteiger charge is -2.20. The summed E-state index contributed by atoms with van der Waals surface area (Å²) >= 11 is 0. The summed E-state index contributed by atoms with van der Waals surface area (Å²) in [5.41, 5.74) is 2.05. The first kappa shape index (κ1) is 15.7. The number of carbonyl (C=O) groups excluding carboxylic acids is 1. The van der Waals surface area contributed by atoms with E-state index < -0.39 is 6.10 Å². The Bertz CT molecular complexity index is 862. The molecule has 3 aromatic rings. The van der Waals surface area contributed by atoms with Crippen molar-refractivity contribution < 1.29 is 14.4 Å². The van der Waals surface area contributed by atoms with Crippen LogP contribution in [-0.4, -0.2) is 72.9 Å². The van der Waals surface area contributed by atoms with Gasteiger partial charge in [0, 0.05) is 56.7 Å². The molecule has 0 aliphatic carbocycles. The van der Waals surface area contributed by atoms with Gasteiger partial charge >= 0.3 is 0 Å². The Morgan fingerprint density at radius 2 is 2.28 bits per heavy atom. The van der Waals surface area contributed by atoms with Gasteiger partial charge in [-0.15, -0.1) is 0 Å². The van der Waals surface area contributed by atoms with Crippen LogP contribution in [0.15, 0.2) is 41.5 Å². The normalized spacial score (nSPS) is 19.2. The molecule has 0 spiro atoms. The van der Waals surface area contributed by atoms with Crippen molar-refractivity contribution in [2.75, 3.05) is 26.2 Å². The number of carbonyl (C=O) groups is 1. The van der Waals surface area contributed by atoms with Gasteiger partial charge in [-0.2, -0.15) is 5.10 Å². The van der Waals surface area contributed by atoms with Crippen LogP contribution in [0.5, 0.6) is 0 Å². The maximum atomic E-state index is 12.4. The van der Waals surface area contributed by atoms with Gasteiger partial charge in [0.2, 0.25) is 0 Å². The number of nitrogens with zero attached hydrogens (tertiary/aromatic N) is 6. The number of aliphatic hydroxyl groups excluding tert-OH is 1. The fourth-order valence-corrected chi connectivity index (χ4v) is 3.10. The first-order chi connectivity index (χ1) is 12.2. The number of fused-ring (bicyclic) bond motifs is 1. The second-order valence-electron chi connectivity index (χ2n) is 6.08. The molecule has 1 aliphatic heterocycles. The predicted octanol–water partition coefficient (Wildman–Crippen LogP) is 0.0362. The highest BCUT2D eigenvalue weighted by Gasteiger charge is 2.26. The van der Waals surface area contributed by atoms with Gasteiger partial charge in [-0.05, 0) is 6.07 Å². The third-order valence-corrected chi connectivity index (χ3v) is 4.28. The Kier molecular flexibility index (Phi) is 4.16. The van der Waals surface area contributed by atoms with E-state index in [2.05, 4.69) is 20.1 Å². The van der Waals surface area contributed by atoms with E-state index in [4.69, 9.17) is 4.52 Å². The number of aliphatic hydroxyl groups is 1. The van der Waals surface area contributed by atoms with Crippen molar-refractivity contribution in [2.24, 2.45) is 0 Å². The minimum Gasteiger partial charge on any atom is -0.390 e. The van der Waals surface area contributed by atoms with Gasteiger partial charge in [-0.1, -0.05) is 5.16 Å². The molecule has 4 rings (SSSR count). The number of hydrogen-bond acceptors (Lipinski definition) is 7. The first-order valence-corrected chi connectivity index (χ1v) is 8.08. The molecule has 130 valence electrons. The van der Waals surface area contributed by atoms with E-state index in [9.17, 15) is 9.90 Å². The third kappa shape index (κ3) is 3.24. The average molecular weight is 342 g/mol. The maximum absolute atomic E-state index is 12.4. The number of rotatable bonds is 3. The second kappa shape index (κ2) is 6.61. The van der Waals surface area contributed by atoms with Crippen LogP contribution in [0.25, 0.3) is 5.65 Å². The van der Waals surface area contributed by atoms with E-state index in [1.54, 1.807) is 21.8 Å². The minimum atomic E-state index is -0.631. The van der Waals surface area contributed by atoms with E-state index >= 15 is 0 Å². The molecular weight excluding hydrogens is 324 g/mol. The number of amides is 1. The topological polar surface area (TPSA) is 100 Å². The molecule has 4 heterocycles. The van der Waals surface area contributed by atoms with Crippen LogP contribution in [-0.2, 0) is 6.54 Å². The quantitative estimate of drug-likeness (QED) is 0.717. The van der Waals surface area contributed by atoms with Gasteiger partial charge in [0.1, 0.15) is 6.26 Å². The van der Waals surface area contributed by atoms with Crippen molar-refractivity contribution in [2.45, 2.75) is 12.6 Å². The third-order valence-electron chi connectivity index (χ3n) is 4.28. The Hall–Kier alpha value is -2.78. The van der Waals surface area contributed by atoms with E-state index in [1.165, 1.54) is 12.3 Å². The van der Waals surface area contributed by atoms with Crippen LogP contribution >= 0.6 is 0 Å². The molecule has 1 saturated heterocycles. The molecule has 0 bridgehead atoms. The van der Waals surface area contributed by atoms with E-state index in [0.717, 1.165) is 11.2 Å². The van der Waals surface area contributed by atoms with Crippen LogP contribution in [0, 0.1) is 0 Å². The van der Waals surface area contributed by atoms with Gasteiger partial charge in [0.25, 0.3) is 5.91 Å². The van der Waals surface area contributed by atoms with Crippen molar-refractivity contribution in [3.8, 4) is 0 Å². The molecule has 1 amide bonds. The first-order valence-electron chi connectivity index (χ1n) is 8.08. The van der Waals surface area contributed by atoms with Crippen molar-refractivity contribution in [1.82, 2.24) is 29.6 Å². The molecule has 1 fully saturated rings. The summed E-state index contributed by atoms with van der Waals surface area (Å²) in [4.78, 5) is 20.5. The SMILES string of the molecule is O=C(c1ccon1)N1CCN(Cc2cnn3cccnc23)CC(O)C1. The molecule has 1 aliphatic rings. The number of β-amino-alcohol motifs (C(OH)–C–C–N with tert-alkyl or cyclic N) is 1. The van der Waals surface area contributed by atoms with Crippen molar-refractivity contribution in [3.63, 3.8) is 0 Å². The highest BCUT2D eigenvalue weighted by Crippen LogP contribution is 2.14. The molecule has 9 heteroatoms. The Labute approximate surface area is 143 Å². The largest absolute Gasteiger partial charge is 0.390 e. The van der Waals surface area contributed by atoms with Crippen LogP contribution in [0.1, 0.15) is 16.1 Å². The smallest absolute Gasteiger partial charge is 0.276 e. The molecule has 25 heavy (non-hydrogen) atoms. The zero-order chi connectivity index (χ0) is 17.2. The van der Waals surface area contributed by atoms with E-state index in [-0.39, 0.29) is 18.1 Å². The molecule has 1 unspecified atom stereocenters. The van der Waals surface area contributed by atoms with Gasteiger partial charge in [0.15, 0.2) is 11.3 Å². The van der Waals surface area contributed by atoms with Crippen LogP contribution in [0.3, 0.4) is 0 Å². The lowest BCUT2D eigenvalue weighted by Crippen LogP contribution is -2.37. The van der Waals surface area contributed by atoms with Gasteiger partial charge in [-0.25, -0.2) is 9.50 Å². The zero-order valence-corrected chi connectivity index (χ0v) is 13.5. The lowest BCUT2D eigenvalue weighted by atomic mass is 10.2. The number of hydrogen-bond donors (Lipinski definition) is 1. The highest BCUT2D eigenvalue weighted by molar-refractivity contribution is 5.92. The molecule has 0 saturated carbocycles. The summed E-state index contributed by atoms with van der Waals surface area (Å²) in [6, 6.07) is 3.36. The summed E-state index contributed by atoms with van der Waals surface area (Å²) < 4.78 is 6.46. The summed E-state index contributed by atoms with van der Waals surface area (Å²) in [6.45, 7) is 2.52. The Morgan fingerprint density at radius 3 is 3.12 bits per heavy atom. The monoisotopic (exact) mass is 342 g/mol. The van der Waals surface area contributed by atoms with Gasteiger partial charge in [-0.3, -0.25) is 9.69 Å². The van der Waals surface area contributed by atoms with E-state index in [0.29, 0.717) is 26.2 Å². The summed E-state index contributed by atoms with van der Waals surface area (Å²) in [7, 11) is 0. The average Bonchev–Trinajstić information content (AvgIpc) is 3.24. The number of aromatic nitrogens is 4. The highest BCUT2D eigenvalue weighted by atomic mass is 16.5. The predicted molar refractivity (Wildman–Crippen MR) is 86.7 cm³/mol. The molecule has 0 radical (unpaired) electrons. The molecular formula is C16H18N6O3. The maximum Gasteiger partial charge on any atom is 0.276 e. The molecule has 1 N–H and O–H groups in total. The van der Waals surface area contributed by atoms with Crippen LogP contribution in [0.2, 0.25) is 0 Å². The van der Waals surface area contributed by atoms with Crippen LogP contribution < -0.4 is 0 Å². The fourth-order valence-electron chi connectivity index (χ4n) is 3.10. The molecule has 9 nitrogen and oxygen atoms in total.